The van der Waals surface area contributed by atoms with Gasteiger partial charge in [-0.1, -0.05) is 19.9 Å². The minimum Gasteiger partial charge on any atom is -0.505 e. The van der Waals surface area contributed by atoms with Crippen LogP contribution in [0.25, 0.3) is 0 Å². The first-order valence-electron chi connectivity index (χ1n) is 9.87. The summed E-state index contributed by atoms with van der Waals surface area (Å²) < 4.78 is 24.7. The van der Waals surface area contributed by atoms with E-state index >= 15 is 0 Å². The minimum absolute atomic E-state index is 0.0565. The standard InChI is InChI=1S/C23H26FNO6S/c1-14(26)15-4-7-17(8-5-15)25-22(29)31-21(16-6-9-19(27)18(24)12-16)23(2,3)10-11-30-20(28)13-32/h4-9,12,21,27,32H,10-11,13H2,1-3H3,(H,25,29)/t21-/m1/s1. The van der Waals surface area contributed by atoms with Crippen molar-refractivity contribution in [2.75, 3.05) is 17.7 Å². The maximum absolute atomic E-state index is 14.0. The molecule has 0 aliphatic rings. The summed E-state index contributed by atoms with van der Waals surface area (Å²) in [7, 11) is 0. The number of hydrogen-bond acceptors (Lipinski definition) is 7. The van der Waals surface area contributed by atoms with Crippen LogP contribution in [0.5, 0.6) is 5.75 Å². The van der Waals surface area contributed by atoms with Gasteiger partial charge in [-0.3, -0.25) is 14.9 Å². The van der Waals surface area contributed by atoms with Gasteiger partial charge in [0.1, 0.15) is 6.10 Å². The quantitative estimate of drug-likeness (QED) is 0.277. The van der Waals surface area contributed by atoms with E-state index in [0.29, 0.717) is 23.2 Å². The predicted molar refractivity (Wildman–Crippen MR) is 121 cm³/mol. The molecule has 0 radical (unpaired) electrons. The molecule has 2 aromatic rings. The number of carbonyl (C=O) groups excluding carboxylic acids is 3. The molecule has 0 saturated heterocycles. The largest absolute Gasteiger partial charge is 0.505 e. The monoisotopic (exact) mass is 463 g/mol. The third kappa shape index (κ3) is 6.98. The molecule has 0 spiro atoms. The highest BCUT2D eigenvalue weighted by atomic mass is 32.1. The summed E-state index contributed by atoms with van der Waals surface area (Å²) in [5.74, 6) is -2.02. The van der Waals surface area contributed by atoms with E-state index in [4.69, 9.17) is 9.47 Å². The van der Waals surface area contributed by atoms with Crippen LogP contribution >= 0.6 is 12.6 Å². The molecule has 7 nitrogen and oxygen atoms in total. The molecule has 0 saturated carbocycles. The number of anilines is 1. The highest BCUT2D eigenvalue weighted by Crippen LogP contribution is 2.40. The van der Waals surface area contributed by atoms with E-state index in [1.807, 2.05) is 0 Å². The lowest BCUT2D eigenvalue weighted by Gasteiger charge is -2.34. The number of halogens is 1. The Hall–Kier alpha value is -3.07. The highest BCUT2D eigenvalue weighted by Gasteiger charge is 2.35. The van der Waals surface area contributed by atoms with Crippen LogP contribution in [0, 0.1) is 11.2 Å². The summed E-state index contributed by atoms with van der Waals surface area (Å²) in [6.07, 6.45) is -1.41. The Balaban J connectivity index is 2.21. The van der Waals surface area contributed by atoms with Crippen molar-refractivity contribution < 1.29 is 33.4 Å². The van der Waals surface area contributed by atoms with Crippen molar-refractivity contribution in [3.63, 3.8) is 0 Å². The Morgan fingerprint density at radius 3 is 2.38 bits per heavy atom. The van der Waals surface area contributed by atoms with Crippen LogP contribution < -0.4 is 5.32 Å². The summed E-state index contributed by atoms with van der Waals surface area (Å²) in [4.78, 5) is 35.4. The van der Waals surface area contributed by atoms with Crippen LogP contribution in [0.15, 0.2) is 42.5 Å². The van der Waals surface area contributed by atoms with E-state index in [0.717, 1.165) is 6.07 Å². The van der Waals surface area contributed by atoms with Gasteiger partial charge in [-0.15, -0.1) is 0 Å². The number of phenolic OH excluding ortho intramolecular Hbond substituents is 1. The Morgan fingerprint density at radius 1 is 1.16 bits per heavy atom. The van der Waals surface area contributed by atoms with Crippen molar-refractivity contribution >= 4 is 36.2 Å². The van der Waals surface area contributed by atoms with Crippen molar-refractivity contribution in [2.45, 2.75) is 33.3 Å². The average Bonchev–Trinajstić information content (AvgIpc) is 2.74. The van der Waals surface area contributed by atoms with Crippen molar-refractivity contribution in [1.82, 2.24) is 0 Å². The molecule has 0 heterocycles. The second-order valence-corrected chi connectivity index (χ2v) is 8.19. The summed E-state index contributed by atoms with van der Waals surface area (Å²) in [5.41, 5.74) is 0.471. The number of hydrogen-bond donors (Lipinski definition) is 3. The first-order chi connectivity index (χ1) is 15.0. The van der Waals surface area contributed by atoms with Gasteiger partial charge >= 0.3 is 12.1 Å². The lowest BCUT2D eigenvalue weighted by atomic mass is 9.80. The number of carbonyl (C=O) groups is 3. The second kappa shape index (κ2) is 11.0. The maximum Gasteiger partial charge on any atom is 0.412 e. The van der Waals surface area contributed by atoms with Gasteiger partial charge in [0.25, 0.3) is 0 Å². The number of aromatic hydroxyl groups is 1. The fourth-order valence-corrected chi connectivity index (χ4v) is 3.10. The summed E-state index contributed by atoms with van der Waals surface area (Å²) >= 11 is 3.85. The molecule has 32 heavy (non-hydrogen) atoms. The molecule has 9 heteroatoms. The molecule has 2 aromatic carbocycles. The van der Waals surface area contributed by atoms with Gasteiger partial charge in [0, 0.05) is 16.7 Å². The number of ether oxygens (including phenoxy) is 2. The van der Waals surface area contributed by atoms with Gasteiger partial charge in [0.15, 0.2) is 17.3 Å². The SMILES string of the molecule is CC(=O)c1ccc(NC(=O)O[C@H](c2ccc(O)c(F)c2)C(C)(C)CCOC(=O)CS)cc1. The van der Waals surface area contributed by atoms with Crippen LogP contribution in [-0.2, 0) is 14.3 Å². The van der Waals surface area contributed by atoms with Crippen LogP contribution in [0.1, 0.15) is 49.2 Å². The Bertz CT molecular complexity index is 977. The molecule has 1 atom stereocenters. The predicted octanol–water partition coefficient (Wildman–Crippen LogP) is 4.91. The Kier molecular flexibility index (Phi) is 8.65. The second-order valence-electron chi connectivity index (χ2n) is 7.87. The molecule has 0 aliphatic heterocycles. The zero-order valence-electron chi connectivity index (χ0n) is 18.1. The van der Waals surface area contributed by atoms with Gasteiger partial charge in [-0.05, 0) is 55.3 Å². The van der Waals surface area contributed by atoms with E-state index in [9.17, 15) is 23.9 Å². The minimum atomic E-state index is -0.927. The molecule has 2 rings (SSSR count). The van der Waals surface area contributed by atoms with Crippen LogP contribution in [-0.4, -0.2) is 35.3 Å². The fraction of sp³-hybridized carbons (Fsp3) is 0.348. The van der Waals surface area contributed by atoms with Crippen molar-refractivity contribution in [2.24, 2.45) is 5.41 Å². The number of phenols is 1. The fourth-order valence-electron chi connectivity index (χ4n) is 3.01. The number of esters is 1. The third-order valence-corrected chi connectivity index (χ3v) is 5.14. The van der Waals surface area contributed by atoms with Crippen molar-refractivity contribution in [1.29, 1.82) is 0 Å². The molecule has 1 amide bonds. The normalized spacial score (nSPS) is 12.0. The molecule has 0 aliphatic carbocycles. The molecular formula is C23H26FNO6S. The Labute approximate surface area is 191 Å². The maximum atomic E-state index is 14.0. The van der Waals surface area contributed by atoms with E-state index in [1.165, 1.54) is 19.1 Å². The van der Waals surface area contributed by atoms with Gasteiger partial charge in [0.05, 0.1) is 12.4 Å². The van der Waals surface area contributed by atoms with E-state index < -0.39 is 35.1 Å². The molecule has 2 N–H and O–H groups in total. The lowest BCUT2D eigenvalue weighted by Crippen LogP contribution is -2.30. The Morgan fingerprint density at radius 2 is 1.81 bits per heavy atom. The van der Waals surface area contributed by atoms with Gasteiger partial charge in [-0.2, -0.15) is 12.6 Å². The number of Topliss-reactive ketones (excluding diaryl/α,β-unsaturated/α-hetero) is 1. The summed E-state index contributed by atoms with van der Waals surface area (Å²) in [6.45, 7) is 5.06. The number of thiol groups is 1. The van der Waals surface area contributed by atoms with E-state index in [-0.39, 0.29) is 18.1 Å². The van der Waals surface area contributed by atoms with E-state index in [2.05, 4.69) is 17.9 Å². The third-order valence-electron chi connectivity index (χ3n) is 4.89. The summed E-state index contributed by atoms with van der Waals surface area (Å²) in [5, 5.41) is 12.1. The van der Waals surface area contributed by atoms with E-state index in [1.54, 1.807) is 38.1 Å². The zero-order chi connectivity index (χ0) is 23.9. The van der Waals surface area contributed by atoms with Crippen molar-refractivity contribution in [3.05, 3.63) is 59.4 Å². The highest BCUT2D eigenvalue weighted by molar-refractivity contribution is 7.81. The first kappa shape index (κ1) is 25.2. The smallest absolute Gasteiger partial charge is 0.412 e. The van der Waals surface area contributed by atoms with Gasteiger partial charge in [-0.25, -0.2) is 9.18 Å². The van der Waals surface area contributed by atoms with Crippen LogP contribution in [0.2, 0.25) is 0 Å². The van der Waals surface area contributed by atoms with Crippen molar-refractivity contribution in [3.8, 4) is 5.75 Å². The molecule has 0 unspecified atom stereocenters. The zero-order valence-corrected chi connectivity index (χ0v) is 18.9. The molecule has 0 fully saturated rings. The topological polar surface area (TPSA) is 102 Å². The molecule has 0 aromatic heterocycles. The average molecular weight is 464 g/mol. The summed E-state index contributed by atoms with van der Waals surface area (Å²) in [6, 6.07) is 10.0. The number of benzene rings is 2. The number of amides is 1. The number of ketones is 1. The number of nitrogens with one attached hydrogen (secondary N) is 1. The van der Waals surface area contributed by atoms with Gasteiger partial charge < -0.3 is 14.6 Å². The molecular weight excluding hydrogens is 437 g/mol. The first-order valence-corrected chi connectivity index (χ1v) is 10.5. The number of rotatable bonds is 9. The molecule has 172 valence electrons. The lowest BCUT2D eigenvalue weighted by molar-refractivity contribution is -0.141. The molecule has 0 bridgehead atoms. The van der Waals surface area contributed by atoms with Crippen LogP contribution in [0.4, 0.5) is 14.9 Å². The van der Waals surface area contributed by atoms with Gasteiger partial charge in [0.2, 0.25) is 0 Å². The van der Waals surface area contributed by atoms with Crippen LogP contribution in [0.3, 0.4) is 0 Å².